The van der Waals surface area contributed by atoms with Gasteiger partial charge in [-0.3, -0.25) is 9.59 Å². The van der Waals surface area contributed by atoms with Crippen LogP contribution in [0.25, 0.3) is 22.2 Å². The van der Waals surface area contributed by atoms with Gasteiger partial charge in [-0.05, 0) is 42.7 Å². The third kappa shape index (κ3) is 5.72. The van der Waals surface area contributed by atoms with Gasteiger partial charge in [0, 0.05) is 38.1 Å². The summed E-state index contributed by atoms with van der Waals surface area (Å²) in [7, 11) is 0. The van der Waals surface area contributed by atoms with Gasteiger partial charge in [0.25, 0.3) is 17.0 Å². The number of aromatic nitrogens is 5. The quantitative estimate of drug-likeness (QED) is 0.280. The van der Waals surface area contributed by atoms with E-state index in [0.717, 1.165) is 24.7 Å². The molecule has 3 heterocycles. The normalized spacial score (nSPS) is 17.9. The molecule has 222 valence electrons. The summed E-state index contributed by atoms with van der Waals surface area (Å²) in [5.41, 5.74) is -4.93. The third-order valence-electron chi connectivity index (χ3n) is 7.28. The summed E-state index contributed by atoms with van der Waals surface area (Å²) in [5.74, 6) is -6.63. The van der Waals surface area contributed by atoms with E-state index in [0.29, 0.717) is 32.6 Å². The van der Waals surface area contributed by atoms with Crippen molar-refractivity contribution in [1.29, 1.82) is 0 Å². The average Bonchev–Trinajstić information content (AvgIpc) is 2.91. The molecule has 8 nitrogen and oxygen atoms in total. The Morgan fingerprint density at radius 2 is 1.76 bits per heavy atom. The van der Waals surface area contributed by atoms with Crippen LogP contribution in [0.1, 0.15) is 43.7 Å². The van der Waals surface area contributed by atoms with Crippen molar-refractivity contribution in [2.75, 3.05) is 5.32 Å². The molecule has 3 aromatic heterocycles. The number of alkyl halides is 5. The molecule has 4 aromatic rings. The summed E-state index contributed by atoms with van der Waals surface area (Å²) in [6, 6.07) is 2.10. The van der Waals surface area contributed by atoms with Crippen LogP contribution in [-0.4, -0.2) is 30.8 Å². The molecule has 0 saturated heterocycles. The highest BCUT2D eigenvalue weighted by atomic mass is 19.4. The first kappa shape index (κ1) is 29.2. The highest BCUT2D eigenvalue weighted by molar-refractivity contribution is 5.86. The van der Waals surface area contributed by atoms with Crippen LogP contribution in [0.15, 0.2) is 46.5 Å². The maximum Gasteiger partial charge on any atom is 0.423 e. The van der Waals surface area contributed by atoms with Gasteiger partial charge in [-0.15, -0.1) is 0 Å². The zero-order valence-corrected chi connectivity index (χ0v) is 21.9. The molecule has 2 atom stereocenters. The van der Waals surface area contributed by atoms with E-state index in [1.54, 1.807) is 5.10 Å². The second kappa shape index (κ2) is 10.8. The van der Waals surface area contributed by atoms with Crippen molar-refractivity contribution in [3.05, 3.63) is 80.4 Å². The van der Waals surface area contributed by atoms with Gasteiger partial charge in [0.1, 0.15) is 5.56 Å². The van der Waals surface area contributed by atoms with Crippen LogP contribution in [0.5, 0.6) is 0 Å². The SMILES string of the molecule is CC(F)(F)c1cnc(-c2cc3ccn(C[C@@H]4CCC[C@H](Nc5cn[nH]c(=O)c5C(F)(F)F)C4)c(=O)c3c(F)c2F)nc1. The summed E-state index contributed by atoms with van der Waals surface area (Å²) in [6.45, 7) is 0.731. The molecule has 0 unspecified atom stereocenters. The largest absolute Gasteiger partial charge is 0.423 e. The van der Waals surface area contributed by atoms with Crippen molar-refractivity contribution in [3.63, 3.8) is 0 Å². The van der Waals surface area contributed by atoms with Crippen molar-refractivity contribution in [1.82, 2.24) is 24.7 Å². The fourth-order valence-electron chi connectivity index (χ4n) is 5.25. The smallest absolute Gasteiger partial charge is 0.380 e. The predicted octanol–water partition coefficient (Wildman–Crippen LogP) is 5.62. The number of fused-ring (bicyclic) bond motifs is 1. The number of H-pyrrole nitrogens is 1. The molecule has 42 heavy (non-hydrogen) atoms. The molecule has 0 spiro atoms. The Labute approximate surface area is 232 Å². The lowest BCUT2D eigenvalue weighted by Crippen LogP contribution is -2.33. The predicted molar refractivity (Wildman–Crippen MR) is 138 cm³/mol. The Hall–Kier alpha value is -4.30. The van der Waals surface area contributed by atoms with Gasteiger partial charge in [-0.25, -0.2) is 32.6 Å². The summed E-state index contributed by atoms with van der Waals surface area (Å²) in [6.07, 6.45) is 1.10. The molecule has 0 bridgehead atoms. The van der Waals surface area contributed by atoms with Gasteiger partial charge in [0.2, 0.25) is 0 Å². The molecular weight excluding hydrogens is 573 g/mol. The number of rotatable bonds is 6. The minimum Gasteiger partial charge on any atom is -0.380 e. The van der Waals surface area contributed by atoms with Gasteiger partial charge in [0.05, 0.1) is 28.4 Å². The second-order valence-corrected chi connectivity index (χ2v) is 10.3. The number of hydrogen-bond acceptors (Lipinski definition) is 6. The second-order valence-electron chi connectivity index (χ2n) is 10.3. The molecular formula is C27H23F7N6O2. The van der Waals surface area contributed by atoms with E-state index in [1.807, 2.05) is 0 Å². The van der Waals surface area contributed by atoms with Gasteiger partial charge in [0.15, 0.2) is 17.5 Å². The maximum absolute atomic E-state index is 15.2. The van der Waals surface area contributed by atoms with Gasteiger partial charge in [-0.1, -0.05) is 6.42 Å². The lowest BCUT2D eigenvalue weighted by atomic mass is 9.85. The third-order valence-corrected chi connectivity index (χ3v) is 7.28. The molecule has 1 aromatic carbocycles. The van der Waals surface area contributed by atoms with Crippen molar-refractivity contribution in [2.24, 2.45) is 5.92 Å². The maximum atomic E-state index is 15.2. The first-order valence-electron chi connectivity index (χ1n) is 12.9. The lowest BCUT2D eigenvalue weighted by Gasteiger charge is -2.31. The van der Waals surface area contributed by atoms with E-state index in [1.165, 1.54) is 16.8 Å². The van der Waals surface area contributed by atoms with E-state index >= 15 is 8.78 Å². The molecule has 1 aliphatic rings. The van der Waals surface area contributed by atoms with E-state index in [-0.39, 0.29) is 23.7 Å². The summed E-state index contributed by atoms with van der Waals surface area (Å²) in [4.78, 5) is 32.4. The van der Waals surface area contributed by atoms with E-state index in [2.05, 4.69) is 20.4 Å². The molecule has 0 radical (unpaired) electrons. The van der Waals surface area contributed by atoms with Crippen LogP contribution in [0.2, 0.25) is 0 Å². The van der Waals surface area contributed by atoms with Gasteiger partial charge in [-0.2, -0.15) is 18.3 Å². The Morgan fingerprint density at radius 3 is 2.43 bits per heavy atom. The minimum absolute atomic E-state index is 0.0447. The summed E-state index contributed by atoms with van der Waals surface area (Å²) in [5, 5.41) is 7.51. The number of halogens is 7. The van der Waals surface area contributed by atoms with Crippen LogP contribution in [0.4, 0.5) is 36.4 Å². The molecule has 2 N–H and O–H groups in total. The number of nitrogens with zero attached hydrogens (tertiary/aromatic N) is 4. The Balaban J connectivity index is 1.39. The molecule has 5 rings (SSSR count). The molecule has 1 saturated carbocycles. The highest BCUT2D eigenvalue weighted by Gasteiger charge is 2.38. The first-order valence-corrected chi connectivity index (χ1v) is 12.9. The number of aromatic amines is 1. The zero-order valence-electron chi connectivity index (χ0n) is 21.9. The Kier molecular flexibility index (Phi) is 7.53. The van der Waals surface area contributed by atoms with Crippen LogP contribution < -0.4 is 16.4 Å². The van der Waals surface area contributed by atoms with Crippen molar-refractivity contribution >= 4 is 16.5 Å². The Bertz CT molecular complexity index is 1750. The van der Waals surface area contributed by atoms with Gasteiger partial charge < -0.3 is 9.88 Å². The van der Waals surface area contributed by atoms with Crippen LogP contribution in [0.3, 0.4) is 0 Å². The molecule has 0 aliphatic heterocycles. The fourth-order valence-corrected chi connectivity index (χ4v) is 5.25. The van der Waals surface area contributed by atoms with E-state index in [9.17, 15) is 31.5 Å². The number of hydrogen-bond donors (Lipinski definition) is 2. The highest BCUT2D eigenvalue weighted by Crippen LogP contribution is 2.34. The topological polar surface area (TPSA) is 106 Å². The number of pyridine rings is 1. The van der Waals surface area contributed by atoms with Crippen LogP contribution in [0, 0.1) is 17.6 Å². The average molecular weight is 597 g/mol. The molecule has 1 fully saturated rings. The number of nitrogens with one attached hydrogen (secondary N) is 2. The van der Waals surface area contributed by atoms with Crippen LogP contribution in [-0.2, 0) is 18.6 Å². The van der Waals surface area contributed by atoms with Crippen LogP contribution >= 0.6 is 0 Å². The fraction of sp³-hybridized carbons (Fsp3) is 0.370. The number of anilines is 1. The van der Waals surface area contributed by atoms with E-state index < -0.39 is 68.7 Å². The monoisotopic (exact) mass is 596 g/mol. The van der Waals surface area contributed by atoms with Crippen molar-refractivity contribution in [2.45, 2.75) is 57.3 Å². The molecule has 15 heteroatoms. The number of benzene rings is 1. The van der Waals surface area contributed by atoms with Crippen molar-refractivity contribution in [3.8, 4) is 11.4 Å². The summed E-state index contributed by atoms with van der Waals surface area (Å²) >= 11 is 0. The zero-order chi connectivity index (χ0) is 30.4. The van der Waals surface area contributed by atoms with E-state index in [4.69, 9.17) is 0 Å². The first-order chi connectivity index (χ1) is 19.7. The lowest BCUT2D eigenvalue weighted by molar-refractivity contribution is -0.138. The molecule has 1 aliphatic carbocycles. The van der Waals surface area contributed by atoms with Gasteiger partial charge >= 0.3 is 6.18 Å². The standard InChI is InChI=1S/C27H23F7N6O2/c1-26(30,31)15-9-35-23(36-10-15)17-8-14-5-6-40(25(42)19(14)22(29)21(17)28)12-13-3-2-4-16(7-13)38-18-11-37-39-24(41)20(18)27(32,33)34/h5-6,8-11,13,16H,2-4,7,12H2,1H3,(H2,38,39,41)/t13-,16+/m1/s1. The summed E-state index contributed by atoms with van der Waals surface area (Å²) < 4.78 is 98.7. The Morgan fingerprint density at radius 1 is 1.05 bits per heavy atom. The van der Waals surface area contributed by atoms with Crippen molar-refractivity contribution < 1.29 is 30.7 Å². The minimum atomic E-state index is -4.90. The molecule has 0 amide bonds.